The van der Waals surface area contributed by atoms with Gasteiger partial charge in [-0.1, -0.05) is 30.3 Å². The number of benzene rings is 1. The van der Waals surface area contributed by atoms with E-state index < -0.39 is 34.5 Å². The Hall–Kier alpha value is -5.75. The molecule has 0 unspecified atom stereocenters. The molecule has 0 aliphatic heterocycles. The molecule has 0 amide bonds. The second kappa shape index (κ2) is 18.9. The summed E-state index contributed by atoms with van der Waals surface area (Å²) in [6, 6.07) is 13.1. The van der Waals surface area contributed by atoms with Crippen molar-refractivity contribution in [3.63, 3.8) is 0 Å². The lowest BCUT2D eigenvalue weighted by atomic mass is 9.89. The van der Waals surface area contributed by atoms with E-state index in [0.717, 1.165) is 42.2 Å². The Morgan fingerprint density at radius 3 is 1.54 bits per heavy atom. The fraction of sp³-hybridized carbons (Fsp3) is 0.297. The third-order valence-electron chi connectivity index (χ3n) is 9.68. The molecule has 330 valence electrons. The number of aliphatic hydroxyl groups excluding tert-OH is 1. The highest BCUT2D eigenvalue weighted by Gasteiger charge is 2.36. The van der Waals surface area contributed by atoms with Gasteiger partial charge in [0.15, 0.2) is 11.3 Å². The molecule has 6 heterocycles. The van der Waals surface area contributed by atoms with Crippen molar-refractivity contribution in [2.24, 2.45) is 0 Å². The number of ether oxygens (including phenoxy) is 3. The third-order valence-corrected chi connectivity index (χ3v) is 9.68. The number of fused-ring (bicyclic) bond motifs is 2. The number of nitrogen functional groups attached to an aromatic ring is 2. The SMILES string of the molecule is ClB(Cl)Cl.Nc1ncnc2c1c(Oc1cc(C(F)(F)F)ccn1)nn2C1CC(O)C1.Nc1ncnc2c1c(Oc1cc(C(F)(F)F)ccn1)nn2C1CC(OCc2ccccc2)C1. The number of anilines is 2. The van der Waals surface area contributed by atoms with E-state index in [0.29, 0.717) is 49.0 Å². The van der Waals surface area contributed by atoms with Gasteiger partial charge in [-0.05, 0) is 43.4 Å². The van der Waals surface area contributed by atoms with Crippen molar-refractivity contribution in [2.45, 2.75) is 68.9 Å². The molecule has 5 N–H and O–H groups in total. The van der Waals surface area contributed by atoms with Gasteiger partial charge >= 0.3 is 17.3 Å². The molecule has 0 spiro atoms. The summed E-state index contributed by atoms with van der Waals surface area (Å²) in [4.78, 5) is 23.2. The zero-order valence-corrected chi connectivity index (χ0v) is 34.4. The number of aliphatic hydroxyl groups is 1. The van der Waals surface area contributed by atoms with Crippen LogP contribution in [0.1, 0.15) is 54.5 Å². The predicted octanol–water partition coefficient (Wildman–Crippen LogP) is 8.53. The Morgan fingerprint density at radius 1 is 0.667 bits per heavy atom. The zero-order valence-electron chi connectivity index (χ0n) is 32.1. The molecular weight excluding hydrogens is 908 g/mol. The van der Waals surface area contributed by atoms with Gasteiger partial charge in [0.2, 0.25) is 11.8 Å². The number of alkyl halides is 6. The van der Waals surface area contributed by atoms with E-state index in [2.05, 4.69) is 40.1 Å². The number of aromatic nitrogens is 10. The van der Waals surface area contributed by atoms with Crippen molar-refractivity contribution in [1.82, 2.24) is 49.5 Å². The van der Waals surface area contributed by atoms with Gasteiger partial charge in [-0.25, -0.2) is 39.3 Å². The zero-order chi connectivity index (χ0) is 45.1. The molecule has 0 atom stereocenters. The number of nitrogens with zero attached hydrogens (tertiary/aromatic N) is 10. The van der Waals surface area contributed by atoms with Crippen LogP contribution in [-0.4, -0.2) is 71.7 Å². The fourth-order valence-electron chi connectivity index (χ4n) is 6.48. The van der Waals surface area contributed by atoms with E-state index in [4.69, 9.17) is 60.1 Å². The van der Waals surface area contributed by atoms with Gasteiger partial charge in [0.1, 0.15) is 35.1 Å². The van der Waals surface area contributed by atoms with E-state index in [1.807, 2.05) is 30.3 Å². The fourth-order valence-corrected chi connectivity index (χ4v) is 6.48. The van der Waals surface area contributed by atoms with Crippen LogP contribution in [0.2, 0.25) is 0 Å². The van der Waals surface area contributed by atoms with Crippen LogP contribution in [0.15, 0.2) is 79.6 Å². The van der Waals surface area contributed by atoms with Crippen LogP contribution in [-0.2, 0) is 23.7 Å². The first kappa shape index (κ1) is 45.3. The Bertz CT molecular complexity index is 2670. The van der Waals surface area contributed by atoms with Crippen LogP contribution in [0.3, 0.4) is 0 Å². The summed E-state index contributed by atoms with van der Waals surface area (Å²) in [5.74, 6) is -0.358. The molecule has 16 nitrogen and oxygen atoms in total. The van der Waals surface area contributed by atoms with Crippen LogP contribution < -0.4 is 20.9 Å². The van der Waals surface area contributed by atoms with E-state index in [1.54, 1.807) is 9.36 Å². The molecule has 1 aromatic carbocycles. The Morgan fingerprint density at radius 2 is 1.11 bits per heavy atom. The maximum absolute atomic E-state index is 13.0. The van der Waals surface area contributed by atoms with Crippen LogP contribution in [0.25, 0.3) is 22.1 Å². The van der Waals surface area contributed by atoms with Gasteiger partial charge < -0.3 is 30.8 Å². The number of nitrogens with two attached hydrogens (primary N) is 2. The van der Waals surface area contributed by atoms with Crippen molar-refractivity contribution in [1.29, 1.82) is 0 Å². The topological polar surface area (TPSA) is 213 Å². The standard InChI is InChI=1S/C22H19F3N6O2.C15H13F3N6O2.BCl3/c23-22(24,25)14-6-7-27-17(8-14)33-21-18-19(26)28-12-29-20(18)31(30-21)15-9-16(10-15)32-11-13-4-2-1-3-5-13;16-15(17,18)7-1-2-20-10(3-7)26-14-11-12(19)21-6-22-13(11)24(23-14)8-4-9(25)5-8;2-1(3)4/h1-8,12,15-16H,9-11H2,(H2,26,28,29);1-3,6,8-9,25H,4-5H2,(H2,19,21,22);. The van der Waals surface area contributed by atoms with Crippen molar-refractivity contribution < 1.29 is 45.7 Å². The maximum atomic E-state index is 13.0. The van der Waals surface area contributed by atoms with Gasteiger partial charge in [-0.3, -0.25) is 0 Å². The van der Waals surface area contributed by atoms with Gasteiger partial charge in [0.05, 0.1) is 42.0 Å². The smallest absolute Gasteiger partial charge is 0.418 e. The van der Waals surface area contributed by atoms with Crippen LogP contribution >= 0.6 is 34.4 Å². The largest absolute Gasteiger partial charge is 0.450 e. The van der Waals surface area contributed by atoms with Crippen molar-refractivity contribution in [3.05, 3.63) is 96.3 Å². The minimum atomic E-state index is -4.52. The van der Waals surface area contributed by atoms with Crippen molar-refractivity contribution in [2.75, 3.05) is 11.5 Å². The molecule has 26 heteroatoms. The van der Waals surface area contributed by atoms with Gasteiger partial charge in [-0.15, -0.1) is 10.2 Å². The summed E-state index contributed by atoms with van der Waals surface area (Å²) >= 11 is 14.4. The van der Waals surface area contributed by atoms with Gasteiger partial charge in [-0.2, -0.15) is 60.7 Å². The highest BCUT2D eigenvalue weighted by Crippen LogP contribution is 2.42. The number of rotatable bonds is 9. The van der Waals surface area contributed by atoms with Gasteiger partial charge in [0, 0.05) is 24.5 Å². The molecule has 9 rings (SSSR count). The average Bonchev–Trinajstić information content (AvgIpc) is 3.75. The monoisotopic (exact) mass is 938 g/mol. The summed E-state index contributed by atoms with van der Waals surface area (Å²) in [7, 11) is 0. The molecule has 2 saturated carbocycles. The van der Waals surface area contributed by atoms with Crippen LogP contribution in [0.5, 0.6) is 23.5 Å². The van der Waals surface area contributed by atoms with Gasteiger partial charge in [0.25, 0.3) is 11.8 Å². The quantitative estimate of drug-likeness (QED) is 0.0915. The summed E-state index contributed by atoms with van der Waals surface area (Å²) in [5, 5.41) is 18.8. The molecule has 0 saturated heterocycles. The molecule has 0 bridgehead atoms. The Balaban J connectivity index is 0.000000178. The minimum Gasteiger partial charge on any atom is -0.418 e. The van der Waals surface area contributed by atoms with E-state index in [-0.39, 0.29) is 58.7 Å². The molecule has 2 aliphatic rings. The van der Waals surface area contributed by atoms with Crippen LogP contribution in [0, 0.1) is 0 Å². The molecule has 7 aromatic rings. The number of halogens is 9. The highest BCUT2D eigenvalue weighted by atomic mass is 35.6. The summed E-state index contributed by atoms with van der Waals surface area (Å²) < 4.78 is 97.9. The predicted molar refractivity (Wildman–Crippen MR) is 219 cm³/mol. The summed E-state index contributed by atoms with van der Waals surface area (Å²) in [6.45, 7) is 0.517. The number of pyridine rings is 2. The lowest BCUT2D eigenvalue weighted by Crippen LogP contribution is -2.34. The first-order valence-electron chi connectivity index (χ1n) is 18.6. The molecular formula is C37H32BCl3F6N12O4. The molecule has 2 aliphatic carbocycles. The lowest BCUT2D eigenvalue weighted by molar-refractivity contribution is -0.138. The highest BCUT2D eigenvalue weighted by molar-refractivity contribution is 7.54. The Kier molecular flexibility index (Phi) is 13.6. The second-order valence-electron chi connectivity index (χ2n) is 13.9. The Labute approximate surface area is 367 Å². The summed E-state index contributed by atoms with van der Waals surface area (Å²) in [6.07, 6.45) is -2.43. The van der Waals surface area contributed by atoms with E-state index in [1.165, 1.54) is 12.7 Å². The third kappa shape index (κ3) is 10.9. The normalized spacial score (nSPS) is 18.3. The van der Waals surface area contributed by atoms with Crippen LogP contribution in [0.4, 0.5) is 38.0 Å². The minimum absolute atomic E-state index is 0.00331. The van der Waals surface area contributed by atoms with E-state index >= 15 is 0 Å². The number of hydrogen-bond acceptors (Lipinski definition) is 14. The first-order chi connectivity index (χ1) is 29.9. The molecule has 6 aromatic heterocycles. The second-order valence-corrected chi connectivity index (χ2v) is 15.9. The lowest BCUT2D eigenvalue weighted by Gasteiger charge is -2.35. The molecule has 2 fully saturated rings. The average molecular weight is 940 g/mol. The summed E-state index contributed by atoms with van der Waals surface area (Å²) in [5.41, 5.74) is 12.0. The molecule has 0 radical (unpaired) electrons. The first-order valence-corrected chi connectivity index (χ1v) is 19.9. The maximum Gasteiger partial charge on any atom is 0.450 e. The molecule has 63 heavy (non-hydrogen) atoms. The van der Waals surface area contributed by atoms with Crippen molar-refractivity contribution in [3.8, 4) is 23.5 Å². The number of hydrogen-bond donors (Lipinski definition) is 3. The van der Waals surface area contributed by atoms with Crippen molar-refractivity contribution >= 4 is 73.0 Å². The van der Waals surface area contributed by atoms with E-state index in [9.17, 15) is 31.4 Å².